The zero-order chi connectivity index (χ0) is 12.9. The molecule has 0 bridgehead atoms. The minimum atomic E-state index is -3.15. The van der Waals surface area contributed by atoms with Gasteiger partial charge in [0.15, 0.2) is 0 Å². The standard InChI is InChI=1S/C10H20N4O2S/c1-4-13-17(15,16)8-6-11-9(2)10-12-5-7-14(10)3/h5,7,9,11,13H,4,6,8H2,1-3H3. The van der Waals surface area contributed by atoms with Crippen molar-refractivity contribution in [2.45, 2.75) is 19.9 Å². The van der Waals surface area contributed by atoms with E-state index in [1.165, 1.54) is 0 Å². The molecule has 0 amide bonds. The Morgan fingerprint density at radius 2 is 2.24 bits per heavy atom. The van der Waals surface area contributed by atoms with Gasteiger partial charge in [-0.15, -0.1) is 0 Å². The molecule has 0 radical (unpaired) electrons. The topological polar surface area (TPSA) is 76.0 Å². The van der Waals surface area contributed by atoms with Gasteiger partial charge in [-0.05, 0) is 6.92 Å². The van der Waals surface area contributed by atoms with E-state index in [0.717, 1.165) is 5.82 Å². The van der Waals surface area contributed by atoms with E-state index in [-0.39, 0.29) is 11.8 Å². The highest BCUT2D eigenvalue weighted by molar-refractivity contribution is 7.89. The lowest BCUT2D eigenvalue weighted by Gasteiger charge is -2.13. The van der Waals surface area contributed by atoms with Crippen molar-refractivity contribution >= 4 is 10.0 Å². The van der Waals surface area contributed by atoms with Gasteiger partial charge in [-0.2, -0.15) is 0 Å². The summed E-state index contributed by atoms with van der Waals surface area (Å²) < 4.78 is 27.2. The van der Waals surface area contributed by atoms with E-state index in [2.05, 4.69) is 15.0 Å². The van der Waals surface area contributed by atoms with Crippen molar-refractivity contribution in [2.75, 3.05) is 18.8 Å². The molecule has 1 aromatic heterocycles. The van der Waals surface area contributed by atoms with E-state index in [4.69, 9.17) is 0 Å². The second-order valence-electron chi connectivity index (χ2n) is 3.89. The number of rotatable bonds is 7. The fourth-order valence-corrected chi connectivity index (χ4v) is 2.56. The highest BCUT2D eigenvalue weighted by Crippen LogP contribution is 2.07. The molecule has 0 aliphatic heterocycles. The number of nitrogens with one attached hydrogen (secondary N) is 2. The summed E-state index contributed by atoms with van der Waals surface area (Å²) in [5.74, 6) is 0.973. The number of hydrogen-bond acceptors (Lipinski definition) is 4. The predicted molar refractivity (Wildman–Crippen MR) is 67.1 cm³/mol. The van der Waals surface area contributed by atoms with Crippen LogP contribution in [0.1, 0.15) is 25.7 Å². The van der Waals surface area contributed by atoms with Gasteiger partial charge in [-0.1, -0.05) is 6.92 Å². The lowest BCUT2D eigenvalue weighted by atomic mass is 10.3. The molecule has 1 aromatic rings. The highest BCUT2D eigenvalue weighted by atomic mass is 32.2. The molecular weight excluding hydrogens is 240 g/mol. The van der Waals surface area contributed by atoms with Gasteiger partial charge in [-0.25, -0.2) is 18.1 Å². The number of sulfonamides is 1. The number of imidazole rings is 1. The van der Waals surface area contributed by atoms with Crippen molar-refractivity contribution in [3.8, 4) is 0 Å². The van der Waals surface area contributed by atoms with Crippen LogP contribution >= 0.6 is 0 Å². The summed E-state index contributed by atoms with van der Waals surface area (Å²) in [5, 5.41) is 3.14. The van der Waals surface area contributed by atoms with Gasteiger partial charge in [0, 0.05) is 32.5 Å². The van der Waals surface area contributed by atoms with Crippen molar-refractivity contribution in [3.05, 3.63) is 18.2 Å². The number of aromatic nitrogens is 2. The van der Waals surface area contributed by atoms with Crippen LogP contribution in [0.4, 0.5) is 0 Å². The van der Waals surface area contributed by atoms with Crippen molar-refractivity contribution in [1.82, 2.24) is 19.6 Å². The molecule has 2 N–H and O–H groups in total. The zero-order valence-electron chi connectivity index (χ0n) is 10.5. The summed E-state index contributed by atoms with van der Waals surface area (Å²) >= 11 is 0. The Bertz CT molecular complexity index is 441. The maximum absolute atomic E-state index is 11.4. The summed E-state index contributed by atoms with van der Waals surface area (Å²) in [5.41, 5.74) is 0. The van der Waals surface area contributed by atoms with E-state index in [1.807, 2.05) is 24.7 Å². The van der Waals surface area contributed by atoms with Gasteiger partial charge in [0.1, 0.15) is 5.82 Å². The fourth-order valence-electron chi connectivity index (χ4n) is 1.59. The molecule has 7 heteroatoms. The van der Waals surface area contributed by atoms with E-state index < -0.39 is 10.0 Å². The summed E-state index contributed by atoms with van der Waals surface area (Å²) in [6.45, 7) is 4.56. The molecule has 1 unspecified atom stereocenters. The second kappa shape index (κ2) is 6.13. The van der Waals surface area contributed by atoms with Crippen molar-refractivity contribution in [3.63, 3.8) is 0 Å². The summed E-state index contributed by atoms with van der Waals surface area (Å²) in [6.07, 6.45) is 3.59. The van der Waals surface area contributed by atoms with E-state index in [1.54, 1.807) is 13.1 Å². The number of aryl methyl sites for hydroxylation is 1. The van der Waals surface area contributed by atoms with Crippen molar-refractivity contribution in [2.24, 2.45) is 7.05 Å². The van der Waals surface area contributed by atoms with Crippen LogP contribution in [0.15, 0.2) is 12.4 Å². The molecule has 1 heterocycles. The molecular formula is C10H20N4O2S. The van der Waals surface area contributed by atoms with Crippen LogP contribution in [0.25, 0.3) is 0 Å². The Morgan fingerprint density at radius 1 is 1.53 bits per heavy atom. The minimum absolute atomic E-state index is 0.0341. The molecule has 0 aromatic carbocycles. The third-order valence-corrected chi connectivity index (χ3v) is 3.90. The third kappa shape index (κ3) is 4.45. The van der Waals surface area contributed by atoms with Gasteiger partial charge < -0.3 is 9.88 Å². The second-order valence-corrected chi connectivity index (χ2v) is 5.82. The molecule has 0 fully saturated rings. The molecule has 0 saturated carbocycles. The van der Waals surface area contributed by atoms with Crippen LogP contribution in [-0.2, 0) is 17.1 Å². The van der Waals surface area contributed by atoms with E-state index in [0.29, 0.717) is 13.1 Å². The van der Waals surface area contributed by atoms with E-state index >= 15 is 0 Å². The van der Waals surface area contributed by atoms with Crippen LogP contribution in [0, 0.1) is 0 Å². The predicted octanol–water partition coefficient (Wildman–Crippen LogP) is 0.0100. The van der Waals surface area contributed by atoms with Crippen molar-refractivity contribution < 1.29 is 8.42 Å². The molecule has 6 nitrogen and oxygen atoms in total. The molecule has 17 heavy (non-hydrogen) atoms. The van der Waals surface area contributed by atoms with Crippen molar-refractivity contribution in [1.29, 1.82) is 0 Å². The van der Waals surface area contributed by atoms with Gasteiger partial charge >= 0.3 is 0 Å². The first-order valence-corrected chi connectivity index (χ1v) is 7.29. The van der Waals surface area contributed by atoms with Crippen LogP contribution in [0.5, 0.6) is 0 Å². The largest absolute Gasteiger partial charge is 0.337 e. The Labute approximate surface area is 102 Å². The lowest BCUT2D eigenvalue weighted by Crippen LogP contribution is -2.33. The minimum Gasteiger partial charge on any atom is -0.337 e. The van der Waals surface area contributed by atoms with Gasteiger partial charge in [0.2, 0.25) is 10.0 Å². The average molecular weight is 260 g/mol. The van der Waals surface area contributed by atoms with Crippen LogP contribution in [0.3, 0.4) is 0 Å². The Balaban J connectivity index is 2.40. The zero-order valence-corrected chi connectivity index (χ0v) is 11.3. The van der Waals surface area contributed by atoms with Gasteiger partial charge in [-0.3, -0.25) is 0 Å². The summed E-state index contributed by atoms with van der Waals surface area (Å²) in [4.78, 5) is 4.20. The Morgan fingerprint density at radius 3 is 2.76 bits per heavy atom. The number of nitrogens with zero attached hydrogens (tertiary/aromatic N) is 2. The molecule has 1 rings (SSSR count). The SMILES string of the molecule is CCNS(=O)(=O)CCNC(C)c1nccn1C. The van der Waals surface area contributed by atoms with Gasteiger partial charge in [0.25, 0.3) is 0 Å². The van der Waals surface area contributed by atoms with Crippen LogP contribution in [0.2, 0.25) is 0 Å². The summed E-state index contributed by atoms with van der Waals surface area (Å²) in [6, 6.07) is 0.0341. The number of hydrogen-bond donors (Lipinski definition) is 2. The average Bonchev–Trinajstić information content (AvgIpc) is 2.63. The first-order chi connectivity index (χ1) is 7.96. The molecule has 0 spiro atoms. The van der Waals surface area contributed by atoms with Gasteiger partial charge in [0.05, 0.1) is 11.8 Å². The lowest BCUT2D eigenvalue weighted by molar-refractivity contribution is 0.538. The normalized spacial score (nSPS) is 13.8. The molecule has 98 valence electrons. The third-order valence-electron chi connectivity index (χ3n) is 2.43. The monoisotopic (exact) mass is 260 g/mol. The summed E-state index contributed by atoms with van der Waals surface area (Å²) in [7, 11) is -1.23. The highest BCUT2D eigenvalue weighted by Gasteiger charge is 2.12. The maximum Gasteiger partial charge on any atom is 0.212 e. The Kier molecular flexibility index (Phi) is 5.10. The van der Waals surface area contributed by atoms with Crippen LogP contribution < -0.4 is 10.0 Å². The maximum atomic E-state index is 11.4. The first-order valence-electron chi connectivity index (χ1n) is 5.64. The quantitative estimate of drug-likeness (QED) is 0.724. The van der Waals surface area contributed by atoms with Crippen LogP contribution in [-0.4, -0.2) is 36.8 Å². The molecule has 0 aliphatic rings. The van der Waals surface area contributed by atoms with E-state index in [9.17, 15) is 8.42 Å². The Hall–Kier alpha value is -0.920. The smallest absolute Gasteiger partial charge is 0.212 e. The fraction of sp³-hybridized carbons (Fsp3) is 0.700. The molecule has 1 atom stereocenters. The first kappa shape index (κ1) is 14.1. The molecule has 0 saturated heterocycles. The molecule has 0 aliphatic carbocycles.